The minimum absolute atomic E-state index is 0.160. The lowest BCUT2D eigenvalue weighted by molar-refractivity contribution is 0.320. The average molecular weight is 240 g/mol. The van der Waals surface area contributed by atoms with Crippen molar-refractivity contribution in [3.05, 3.63) is 29.6 Å². The Morgan fingerprint density at radius 3 is 2.71 bits per heavy atom. The fraction of sp³-hybridized carbons (Fsp3) is 0.538. The minimum Gasteiger partial charge on any atom is -0.494 e. The van der Waals surface area contributed by atoms with Gasteiger partial charge in [-0.2, -0.15) is 0 Å². The van der Waals surface area contributed by atoms with E-state index in [1.54, 1.807) is 6.07 Å². The molecule has 17 heavy (non-hydrogen) atoms. The molecule has 0 aliphatic rings. The topological polar surface area (TPSA) is 38.5 Å². The van der Waals surface area contributed by atoms with Gasteiger partial charge in [-0.15, -0.1) is 0 Å². The van der Waals surface area contributed by atoms with E-state index in [0.29, 0.717) is 0 Å². The van der Waals surface area contributed by atoms with Gasteiger partial charge in [0.15, 0.2) is 11.6 Å². The zero-order valence-electron chi connectivity index (χ0n) is 10.7. The van der Waals surface area contributed by atoms with E-state index in [9.17, 15) is 4.39 Å². The second-order valence-corrected chi connectivity index (χ2v) is 4.46. The first-order valence-electron chi connectivity index (χ1n) is 5.79. The number of halogens is 1. The summed E-state index contributed by atoms with van der Waals surface area (Å²) in [5.74, 6) is -0.0162. The third kappa shape index (κ3) is 4.71. The molecule has 0 aromatic heterocycles. The molecule has 0 aliphatic carbocycles. The molecule has 0 bridgehead atoms. The molecular weight excluding hydrogens is 219 g/mol. The summed E-state index contributed by atoms with van der Waals surface area (Å²) in [6, 6.07) is 5.24. The molecule has 0 amide bonds. The summed E-state index contributed by atoms with van der Waals surface area (Å²) < 4.78 is 18.3. The number of methoxy groups -OCH3 is 1. The Labute approximate surface area is 102 Å². The Morgan fingerprint density at radius 2 is 2.18 bits per heavy atom. The molecule has 1 aromatic carbocycles. The summed E-state index contributed by atoms with van der Waals surface area (Å²) in [5.41, 5.74) is 6.68. The summed E-state index contributed by atoms with van der Waals surface area (Å²) in [6.45, 7) is 3.69. The lowest BCUT2D eigenvalue weighted by atomic mass is 10.1. The number of hydrogen-bond acceptors (Lipinski definition) is 3. The lowest BCUT2D eigenvalue weighted by Crippen LogP contribution is -2.34. The van der Waals surface area contributed by atoms with Crippen molar-refractivity contribution in [2.75, 3.05) is 27.2 Å². The van der Waals surface area contributed by atoms with Crippen LogP contribution >= 0.6 is 0 Å². The summed E-state index contributed by atoms with van der Waals surface area (Å²) >= 11 is 0. The molecule has 2 N–H and O–H groups in total. The summed E-state index contributed by atoms with van der Waals surface area (Å²) in [7, 11) is 3.48. The SMILES string of the molecule is COc1ccc(CCN(C)CC(C)N)cc1F. The summed E-state index contributed by atoms with van der Waals surface area (Å²) in [5, 5.41) is 0. The Kier molecular flexibility index (Phi) is 5.38. The number of nitrogens with two attached hydrogens (primary N) is 1. The van der Waals surface area contributed by atoms with Crippen LogP contribution in [0.5, 0.6) is 5.75 Å². The molecule has 1 atom stereocenters. The molecular formula is C13H21FN2O. The van der Waals surface area contributed by atoms with E-state index in [-0.39, 0.29) is 17.6 Å². The number of hydrogen-bond donors (Lipinski definition) is 1. The van der Waals surface area contributed by atoms with Crippen molar-refractivity contribution in [2.45, 2.75) is 19.4 Å². The summed E-state index contributed by atoms with van der Waals surface area (Å²) in [6.07, 6.45) is 0.810. The molecule has 0 radical (unpaired) electrons. The average Bonchev–Trinajstić information content (AvgIpc) is 2.25. The second kappa shape index (κ2) is 6.57. The van der Waals surface area contributed by atoms with Crippen molar-refractivity contribution in [2.24, 2.45) is 5.73 Å². The van der Waals surface area contributed by atoms with Crippen LogP contribution in [0.15, 0.2) is 18.2 Å². The van der Waals surface area contributed by atoms with E-state index in [2.05, 4.69) is 4.90 Å². The molecule has 0 aliphatic heterocycles. The molecule has 0 saturated heterocycles. The molecule has 1 aromatic rings. The van der Waals surface area contributed by atoms with Gasteiger partial charge in [0.2, 0.25) is 0 Å². The van der Waals surface area contributed by atoms with Gasteiger partial charge in [-0.3, -0.25) is 0 Å². The first-order chi connectivity index (χ1) is 8.02. The van der Waals surface area contributed by atoms with Gasteiger partial charge in [0.05, 0.1) is 7.11 Å². The monoisotopic (exact) mass is 240 g/mol. The van der Waals surface area contributed by atoms with Crippen molar-refractivity contribution < 1.29 is 9.13 Å². The van der Waals surface area contributed by atoms with Crippen LogP contribution in [-0.2, 0) is 6.42 Å². The van der Waals surface area contributed by atoms with Crippen LogP contribution in [0.1, 0.15) is 12.5 Å². The maximum absolute atomic E-state index is 13.4. The third-order valence-corrected chi connectivity index (χ3v) is 2.60. The Morgan fingerprint density at radius 1 is 1.47 bits per heavy atom. The smallest absolute Gasteiger partial charge is 0.165 e. The highest BCUT2D eigenvalue weighted by molar-refractivity contribution is 5.29. The van der Waals surface area contributed by atoms with Gasteiger partial charge in [0, 0.05) is 19.1 Å². The van der Waals surface area contributed by atoms with Crippen LogP contribution in [0.25, 0.3) is 0 Å². The Hall–Kier alpha value is -1.13. The predicted molar refractivity (Wildman–Crippen MR) is 67.8 cm³/mol. The standard InChI is InChI=1S/C13H21FN2O/c1-10(15)9-16(2)7-6-11-4-5-13(17-3)12(14)8-11/h4-5,8,10H,6-7,9,15H2,1-3H3. The van der Waals surface area contributed by atoms with E-state index in [0.717, 1.165) is 25.1 Å². The molecule has 1 rings (SSSR count). The van der Waals surface area contributed by atoms with Crippen molar-refractivity contribution in [1.29, 1.82) is 0 Å². The largest absolute Gasteiger partial charge is 0.494 e. The fourth-order valence-electron chi connectivity index (χ4n) is 1.77. The van der Waals surface area contributed by atoms with E-state index in [4.69, 9.17) is 10.5 Å². The van der Waals surface area contributed by atoms with Crippen molar-refractivity contribution in [3.63, 3.8) is 0 Å². The van der Waals surface area contributed by atoms with Crippen LogP contribution in [0.4, 0.5) is 4.39 Å². The highest BCUT2D eigenvalue weighted by Crippen LogP contribution is 2.17. The number of rotatable bonds is 6. The predicted octanol–water partition coefficient (Wildman–Crippen LogP) is 1.66. The zero-order chi connectivity index (χ0) is 12.8. The van der Waals surface area contributed by atoms with Crippen LogP contribution in [0.2, 0.25) is 0 Å². The Balaban J connectivity index is 2.49. The maximum Gasteiger partial charge on any atom is 0.165 e. The number of likely N-dealkylation sites (N-methyl/N-ethyl adjacent to an activating group) is 1. The fourth-order valence-corrected chi connectivity index (χ4v) is 1.77. The normalized spacial score (nSPS) is 12.8. The highest BCUT2D eigenvalue weighted by Gasteiger charge is 2.05. The van der Waals surface area contributed by atoms with Crippen molar-refractivity contribution >= 4 is 0 Å². The minimum atomic E-state index is -0.306. The molecule has 0 fully saturated rings. The van der Waals surface area contributed by atoms with Gasteiger partial charge in [0.1, 0.15) is 0 Å². The van der Waals surface area contributed by atoms with Crippen LogP contribution < -0.4 is 10.5 Å². The van der Waals surface area contributed by atoms with Gasteiger partial charge in [-0.25, -0.2) is 4.39 Å². The van der Waals surface area contributed by atoms with Crippen LogP contribution in [0.3, 0.4) is 0 Å². The first-order valence-corrected chi connectivity index (χ1v) is 5.79. The van der Waals surface area contributed by atoms with Gasteiger partial charge in [-0.05, 0) is 38.1 Å². The maximum atomic E-state index is 13.4. The quantitative estimate of drug-likeness (QED) is 0.822. The van der Waals surface area contributed by atoms with E-state index < -0.39 is 0 Å². The van der Waals surface area contributed by atoms with Gasteiger partial charge >= 0.3 is 0 Å². The van der Waals surface area contributed by atoms with Gasteiger partial charge in [0.25, 0.3) is 0 Å². The van der Waals surface area contributed by atoms with Gasteiger partial charge < -0.3 is 15.4 Å². The number of ether oxygens (including phenoxy) is 1. The zero-order valence-corrected chi connectivity index (χ0v) is 10.7. The molecule has 1 unspecified atom stereocenters. The molecule has 3 nitrogen and oxygen atoms in total. The second-order valence-electron chi connectivity index (χ2n) is 4.46. The van der Waals surface area contributed by atoms with Crippen molar-refractivity contribution in [1.82, 2.24) is 4.90 Å². The van der Waals surface area contributed by atoms with E-state index >= 15 is 0 Å². The number of benzene rings is 1. The van der Waals surface area contributed by atoms with E-state index in [1.165, 1.54) is 13.2 Å². The Bertz CT molecular complexity index is 355. The van der Waals surface area contributed by atoms with Crippen LogP contribution in [-0.4, -0.2) is 38.2 Å². The highest BCUT2D eigenvalue weighted by atomic mass is 19.1. The molecule has 0 saturated carbocycles. The molecule has 4 heteroatoms. The first kappa shape index (κ1) is 13.9. The lowest BCUT2D eigenvalue weighted by Gasteiger charge is -2.18. The molecule has 0 heterocycles. The van der Waals surface area contributed by atoms with Gasteiger partial charge in [-0.1, -0.05) is 6.07 Å². The van der Waals surface area contributed by atoms with Crippen LogP contribution in [0, 0.1) is 5.82 Å². The third-order valence-electron chi connectivity index (χ3n) is 2.60. The van der Waals surface area contributed by atoms with Crippen molar-refractivity contribution in [3.8, 4) is 5.75 Å². The summed E-state index contributed by atoms with van der Waals surface area (Å²) in [4.78, 5) is 2.15. The number of nitrogens with zero attached hydrogens (tertiary/aromatic N) is 1. The van der Waals surface area contributed by atoms with E-state index in [1.807, 2.05) is 20.0 Å². The molecule has 96 valence electrons. The molecule has 0 spiro atoms.